The Morgan fingerprint density at radius 3 is 2.22 bits per heavy atom. The SMILES string of the molecule is NCC1CCCCC1c1ccc(C(F)(F)F)cc1. The largest absolute Gasteiger partial charge is 0.416 e. The lowest BCUT2D eigenvalue weighted by molar-refractivity contribution is -0.137. The molecule has 1 aromatic carbocycles. The molecule has 100 valence electrons. The minimum Gasteiger partial charge on any atom is -0.330 e. The summed E-state index contributed by atoms with van der Waals surface area (Å²) < 4.78 is 37.5. The lowest BCUT2D eigenvalue weighted by Gasteiger charge is -2.31. The monoisotopic (exact) mass is 257 g/mol. The summed E-state index contributed by atoms with van der Waals surface area (Å²) in [6.45, 7) is 0.617. The molecule has 2 N–H and O–H groups in total. The molecule has 0 spiro atoms. The van der Waals surface area contributed by atoms with E-state index in [1.165, 1.54) is 18.6 Å². The van der Waals surface area contributed by atoms with Gasteiger partial charge in [0.1, 0.15) is 0 Å². The highest BCUT2D eigenvalue weighted by Crippen LogP contribution is 2.38. The minimum absolute atomic E-state index is 0.325. The Bertz CT molecular complexity index is 383. The molecule has 1 saturated carbocycles. The van der Waals surface area contributed by atoms with Crippen molar-refractivity contribution in [3.63, 3.8) is 0 Å². The van der Waals surface area contributed by atoms with Crippen LogP contribution in [-0.2, 0) is 6.18 Å². The Hall–Kier alpha value is -1.03. The summed E-state index contributed by atoms with van der Waals surface area (Å²) in [5, 5.41) is 0. The minimum atomic E-state index is -4.25. The van der Waals surface area contributed by atoms with Gasteiger partial charge in [-0.25, -0.2) is 0 Å². The maximum absolute atomic E-state index is 12.5. The van der Waals surface area contributed by atoms with Gasteiger partial charge in [-0.1, -0.05) is 25.0 Å². The maximum atomic E-state index is 12.5. The third-order valence-corrected chi connectivity index (χ3v) is 3.88. The van der Waals surface area contributed by atoms with E-state index in [9.17, 15) is 13.2 Å². The molecule has 2 unspecified atom stereocenters. The summed E-state index contributed by atoms with van der Waals surface area (Å²) in [5.74, 6) is 0.738. The van der Waals surface area contributed by atoms with Crippen LogP contribution in [0, 0.1) is 5.92 Å². The molecular weight excluding hydrogens is 239 g/mol. The quantitative estimate of drug-likeness (QED) is 0.853. The van der Waals surface area contributed by atoms with Crippen molar-refractivity contribution in [1.82, 2.24) is 0 Å². The molecule has 1 aliphatic rings. The standard InChI is InChI=1S/C14H18F3N/c15-14(16,17)12-7-5-10(6-8-12)13-4-2-1-3-11(13)9-18/h5-8,11,13H,1-4,9,18H2. The summed E-state index contributed by atoms with van der Waals surface area (Å²) in [6, 6.07) is 5.58. The summed E-state index contributed by atoms with van der Waals surface area (Å²) in [5.41, 5.74) is 6.17. The second kappa shape index (κ2) is 5.31. The third-order valence-electron chi connectivity index (χ3n) is 3.88. The van der Waals surface area contributed by atoms with E-state index in [1.54, 1.807) is 12.1 Å². The predicted molar refractivity (Wildman–Crippen MR) is 65.2 cm³/mol. The first kappa shape index (κ1) is 13.4. The van der Waals surface area contributed by atoms with Crippen molar-refractivity contribution in [1.29, 1.82) is 0 Å². The van der Waals surface area contributed by atoms with Crippen molar-refractivity contribution in [3.05, 3.63) is 35.4 Å². The summed E-state index contributed by atoms with van der Waals surface area (Å²) in [6.07, 6.45) is 0.189. The molecule has 18 heavy (non-hydrogen) atoms. The molecule has 0 aliphatic heterocycles. The molecular formula is C14H18F3N. The van der Waals surface area contributed by atoms with E-state index in [2.05, 4.69) is 0 Å². The topological polar surface area (TPSA) is 26.0 Å². The molecule has 2 rings (SSSR count). The van der Waals surface area contributed by atoms with E-state index < -0.39 is 11.7 Å². The summed E-state index contributed by atoms with van der Waals surface area (Å²) in [7, 11) is 0. The Labute approximate surface area is 105 Å². The number of benzene rings is 1. The highest BCUT2D eigenvalue weighted by molar-refractivity contribution is 5.28. The van der Waals surface area contributed by atoms with Gasteiger partial charge in [0, 0.05) is 0 Å². The first-order valence-corrected chi connectivity index (χ1v) is 6.39. The fourth-order valence-electron chi connectivity index (χ4n) is 2.85. The summed E-state index contributed by atoms with van der Waals surface area (Å²) >= 11 is 0. The van der Waals surface area contributed by atoms with Crippen LogP contribution in [0.3, 0.4) is 0 Å². The average molecular weight is 257 g/mol. The fraction of sp³-hybridized carbons (Fsp3) is 0.571. The van der Waals surface area contributed by atoms with Crippen LogP contribution in [0.1, 0.15) is 42.7 Å². The maximum Gasteiger partial charge on any atom is 0.416 e. The van der Waals surface area contributed by atoms with Gasteiger partial charge in [-0.05, 0) is 48.9 Å². The molecule has 0 bridgehead atoms. The highest BCUT2D eigenvalue weighted by atomic mass is 19.4. The van der Waals surface area contributed by atoms with Crippen LogP contribution in [0.5, 0.6) is 0 Å². The molecule has 0 radical (unpaired) electrons. The normalized spacial score (nSPS) is 25.1. The number of nitrogens with two attached hydrogens (primary N) is 1. The van der Waals surface area contributed by atoms with Gasteiger partial charge in [0.15, 0.2) is 0 Å². The van der Waals surface area contributed by atoms with Crippen molar-refractivity contribution in [3.8, 4) is 0 Å². The van der Waals surface area contributed by atoms with Crippen LogP contribution < -0.4 is 5.73 Å². The molecule has 1 nitrogen and oxygen atoms in total. The van der Waals surface area contributed by atoms with E-state index in [1.807, 2.05) is 0 Å². The van der Waals surface area contributed by atoms with Crippen molar-refractivity contribution >= 4 is 0 Å². The van der Waals surface area contributed by atoms with Gasteiger partial charge in [-0.2, -0.15) is 13.2 Å². The van der Waals surface area contributed by atoms with E-state index >= 15 is 0 Å². The molecule has 1 fully saturated rings. The molecule has 0 aromatic heterocycles. The number of halogens is 3. The molecule has 1 aromatic rings. The van der Waals surface area contributed by atoms with Crippen molar-refractivity contribution in [2.45, 2.75) is 37.8 Å². The Kier molecular flexibility index (Phi) is 3.95. The van der Waals surface area contributed by atoms with E-state index in [0.717, 1.165) is 24.8 Å². The number of rotatable bonds is 2. The lowest BCUT2D eigenvalue weighted by Crippen LogP contribution is -2.25. The Morgan fingerprint density at radius 1 is 1.06 bits per heavy atom. The number of alkyl halides is 3. The van der Waals surface area contributed by atoms with E-state index in [4.69, 9.17) is 5.73 Å². The van der Waals surface area contributed by atoms with Crippen LogP contribution in [0.25, 0.3) is 0 Å². The van der Waals surface area contributed by atoms with Crippen molar-refractivity contribution in [2.24, 2.45) is 11.7 Å². The Morgan fingerprint density at radius 2 is 1.67 bits per heavy atom. The van der Waals surface area contributed by atoms with Crippen LogP contribution in [0.15, 0.2) is 24.3 Å². The summed E-state index contributed by atoms with van der Waals surface area (Å²) in [4.78, 5) is 0. The highest BCUT2D eigenvalue weighted by Gasteiger charge is 2.31. The van der Waals surface area contributed by atoms with Gasteiger partial charge in [-0.3, -0.25) is 0 Å². The molecule has 0 heterocycles. The molecule has 2 atom stereocenters. The predicted octanol–water partition coefficient (Wildman–Crippen LogP) is 3.94. The van der Waals surface area contributed by atoms with Crippen LogP contribution in [0.4, 0.5) is 13.2 Å². The van der Waals surface area contributed by atoms with Crippen LogP contribution in [0.2, 0.25) is 0 Å². The van der Waals surface area contributed by atoms with Gasteiger partial charge in [0.2, 0.25) is 0 Å². The molecule has 0 amide bonds. The first-order valence-electron chi connectivity index (χ1n) is 6.39. The molecule has 0 saturated heterocycles. The van der Waals surface area contributed by atoms with Gasteiger partial charge in [-0.15, -0.1) is 0 Å². The molecule has 1 aliphatic carbocycles. The zero-order chi connectivity index (χ0) is 13.2. The second-order valence-corrected chi connectivity index (χ2v) is 5.01. The van der Waals surface area contributed by atoms with Crippen LogP contribution in [-0.4, -0.2) is 6.54 Å². The number of hydrogen-bond acceptors (Lipinski definition) is 1. The number of hydrogen-bond donors (Lipinski definition) is 1. The third kappa shape index (κ3) is 2.86. The Balaban J connectivity index is 2.18. The van der Waals surface area contributed by atoms with Gasteiger partial charge in [0.05, 0.1) is 5.56 Å². The zero-order valence-corrected chi connectivity index (χ0v) is 10.2. The first-order chi connectivity index (χ1) is 8.52. The lowest BCUT2D eigenvalue weighted by atomic mass is 9.75. The smallest absolute Gasteiger partial charge is 0.330 e. The van der Waals surface area contributed by atoms with Crippen molar-refractivity contribution < 1.29 is 13.2 Å². The zero-order valence-electron chi connectivity index (χ0n) is 10.2. The average Bonchev–Trinajstić information content (AvgIpc) is 2.38. The van der Waals surface area contributed by atoms with E-state index in [0.29, 0.717) is 18.4 Å². The molecule has 4 heteroatoms. The van der Waals surface area contributed by atoms with Gasteiger partial charge < -0.3 is 5.73 Å². The van der Waals surface area contributed by atoms with Gasteiger partial charge in [0.25, 0.3) is 0 Å². The van der Waals surface area contributed by atoms with E-state index in [-0.39, 0.29) is 0 Å². The van der Waals surface area contributed by atoms with Gasteiger partial charge >= 0.3 is 6.18 Å². The second-order valence-electron chi connectivity index (χ2n) is 5.01. The fourth-order valence-corrected chi connectivity index (χ4v) is 2.85. The van der Waals surface area contributed by atoms with Crippen LogP contribution >= 0.6 is 0 Å². The van der Waals surface area contributed by atoms with Crippen molar-refractivity contribution in [2.75, 3.05) is 6.54 Å².